The molecule has 2 heterocycles. The van der Waals surface area contributed by atoms with Gasteiger partial charge in [-0.3, -0.25) is 4.98 Å². The van der Waals surface area contributed by atoms with Gasteiger partial charge < -0.3 is 9.47 Å². The maximum absolute atomic E-state index is 5.69. The molecule has 1 saturated heterocycles. The van der Waals surface area contributed by atoms with Crippen LogP contribution in [0.15, 0.2) is 24.5 Å². The maximum Gasteiger partial charge on any atom is 0.162 e. The number of hydrogen-bond donors (Lipinski definition) is 0. The van der Waals surface area contributed by atoms with Gasteiger partial charge >= 0.3 is 0 Å². The summed E-state index contributed by atoms with van der Waals surface area (Å²) in [6.45, 7) is 7.36. The van der Waals surface area contributed by atoms with Gasteiger partial charge in [-0.15, -0.1) is 0 Å². The van der Waals surface area contributed by atoms with Crippen LogP contribution < -0.4 is 0 Å². The summed E-state index contributed by atoms with van der Waals surface area (Å²) in [6.07, 6.45) is 3.66. The summed E-state index contributed by atoms with van der Waals surface area (Å²) in [5.41, 5.74) is 1.09. The van der Waals surface area contributed by atoms with Crippen LogP contribution in [0.4, 0.5) is 0 Å². The van der Waals surface area contributed by atoms with Crippen LogP contribution in [0.25, 0.3) is 0 Å². The van der Waals surface area contributed by atoms with Crippen LogP contribution in [0.3, 0.4) is 0 Å². The van der Waals surface area contributed by atoms with Crippen LogP contribution >= 0.6 is 0 Å². The van der Waals surface area contributed by atoms with Crippen molar-refractivity contribution >= 4 is 0 Å². The van der Waals surface area contributed by atoms with Crippen molar-refractivity contribution in [2.24, 2.45) is 0 Å². The first-order valence-electron chi connectivity index (χ1n) is 5.20. The minimum atomic E-state index is -0.457. The highest BCUT2D eigenvalue weighted by Crippen LogP contribution is 2.32. The van der Waals surface area contributed by atoms with E-state index in [1.165, 1.54) is 5.56 Å². The van der Waals surface area contributed by atoms with Crippen molar-refractivity contribution in [3.05, 3.63) is 30.1 Å². The summed E-state index contributed by atoms with van der Waals surface area (Å²) < 4.78 is 11.4. The average Bonchev–Trinajstić information content (AvgIpc) is 2.24. The quantitative estimate of drug-likeness (QED) is 0.707. The molecule has 1 fully saturated rings. The number of aromatic nitrogens is 1. The minimum Gasteiger partial charge on any atom is -0.350 e. The number of pyridine rings is 1. The molecule has 82 valence electrons. The van der Waals surface area contributed by atoms with Crippen molar-refractivity contribution in [1.29, 1.82) is 0 Å². The third kappa shape index (κ3) is 2.19. The van der Waals surface area contributed by atoms with Gasteiger partial charge in [0.05, 0.1) is 13.2 Å². The highest BCUT2D eigenvalue weighted by atomic mass is 16.7. The molecule has 0 bridgehead atoms. The lowest BCUT2D eigenvalue weighted by Crippen LogP contribution is -2.47. The molecule has 1 aliphatic heterocycles. The Bertz CT molecular complexity index is 325. The summed E-state index contributed by atoms with van der Waals surface area (Å²) in [5, 5.41) is 0. The number of nitrogens with zero attached hydrogens (tertiary/aromatic N) is 1. The molecule has 0 aromatic carbocycles. The molecule has 15 heavy (non-hydrogen) atoms. The van der Waals surface area contributed by atoms with Crippen LogP contribution in [-0.2, 0) is 14.9 Å². The van der Waals surface area contributed by atoms with Gasteiger partial charge in [-0.25, -0.2) is 0 Å². The number of rotatable bonds is 1. The van der Waals surface area contributed by atoms with E-state index >= 15 is 0 Å². The van der Waals surface area contributed by atoms with Gasteiger partial charge in [0.2, 0.25) is 0 Å². The van der Waals surface area contributed by atoms with E-state index in [1.54, 1.807) is 6.20 Å². The topological polar surface area (TPSA) is 31.4 Å². The normalized spacial score (nSPS) is 23.7. The van der Waals surface area contributed by atoms with Crippen molar-refractivity contribution in [2.75, 3.05) is 13.2 Å². The zero-order valence-electron chi connectivity index (χ0n) is 9.49. The van der Waals surface area contributed by atoms with E-state index in [-0.39, 0.29) is 5.41 Å². The van der Waals surface area contributed by atoms with Gasteiger partial charge in [0.25, 0.3) is 0 Å². The van der Waals surface area contributed by atoms with Gasteiger partial charge in [0.15, 0.2) is 5.79 Å². The van der Waals surface area contributed by atoms with E-state index in [0.717, 1.165) is 0 Å². The van der Waals surface area contributed by atoms with Gasteiger partial charge in [0, 0.05) is 17.8 Å². The first-order valence-corrected chi connectivity index (χ1v) is 5.20. The zero-order valence-corrected chi connectivity index (χ0v) is 9.49. The van der Waals surface area contributed by atoms with Crippen LogP contribution in [0.2, 0.25) is 0 Å². The highest BCUT2D eigenvalue weighted by molar-refractivity contribution is 5.21. The maximum atomic E-state index is 5.69. The average molecular weight is 207 g/mol. The van der Waals surface area contributed by atoms with Gasteiger partial charge in [-0.1, -0.05) is 13.0 Å². The van der Waals surface area contributed by atoms with E-state index in [2.05, 4.69) is 18.0 Å². The van der Waals surface area contributed by atoms with Crippen molar-refractivity contribution in [3.63, 3.8) is 0 Å². The molecule has 0 N–H and O–H groups in total. The molecule has 0 spiro atoms. The monoisotopic (exact) mass is 207 g/mol. The second-order valence-corrected chi connectivity index (χ2v) is 4.78. The molecule has 0 radical (unpaired) electrons. The number of hydrogen-bond acceptors (Lipinski definition) is 3. The first kappa shape index (κ1) is 10.6. The van der Waals surface area contributed by atoms with Crippen LogP contribution in [0, 0.1) is 0 Å². The van der Waals surface area contributed by atoms with E-state index < -0.39 is 5.79 Å². The fourth-order valence-corrected chi connectivity index (χ4v) is 1.64. The van der Waals surface area contributed by atoms with Crippen LogP contribution in [-0.4, -0.2) is 24.0 Å². The van der Waals surface area contributed by atoms with Gasteiger partial charge in [0.1, 0.15) is 0 Å². The first-order chi connectivity index (χ1) is 7.02. The second-order valence-electron chi connectivity index (χ2n) is 4.78. The molecule has 3 nitrogen and oxygen atoms in total. The van der Waals surface area contributed by atoms with E-state index in [4.69, 9.17) is 9.47 Å². The summed E-state index contributed by atoms with van der Waals surface area (Å²) in [5.74, 6) is -0.457. The summed E-state index contributed by atoms with van der Waals surface area (Å²) in [4.78, 5) is 4.13. The van der Waals surface area contributed by atoms with Crippen LogP contribution in [0.5, 0.6) is 0 Å². The number of ether oxygens (including phenoxy) is 2. The molecule has 0 amide bonds. The fraction of sp³-hybridized carbons (Fsp3) is 0.583. The Labute approximate surface area is 90.4 Å². The lowest BCUT2D eigenvalue weighted by atomic mass is 9.84. The molecule has 0 unspecified atom stereocenters. The molecule has 3 heteroatoms. The molecule has 0 saturated carbocycles. The second kappa shape index (κ2) is 3.58. The van der Waals surface area contributed by atoms with Crippen molar-refractivity contribution < 1.29 is 9.47 Å². The van der Waals surface area contributed by atoms with Crippen LogP contribution in [0.1, 0.15) is 26.3 Å². The molecule has 2 rings (SSSR count). The third-order valence-corrected chi connectivity index (χ3v) is 2.84. The lowest BCUT2D eigenvalue weighted by molar-refractivity contribution is -0.267. The smallest absolute Gasteiger partial charge is 0.162 e. The van der Waals surface area contributed by atoms with Gasteiger partial charge in [-0.05, 0) is 25.5 Å². The van der Waals surface area contributed by atoms with Crippen molar-refractivity contribution in [3.8, 4) is 0 Å². The summed E-state index contributed by atoms with van der Waals surface area (Å²) >= 11 is 0. The predicted molar refractivity (Wildman–Crippen MR) is 57.6 cm³/mol. The standard InChI is InChI=1S/C12H17NO2/c1-11(2)14-8-12(3,9-15-11)10-5-4-6-13-7-10/h4-7H,8-9H2,1-3H3. The minimum absolute atomic E-state index is 0.0796. The van der Waals surface area contributed by atoms with Crippen molar-refractivity contribution in [1.82, 2.24) is 4.98 Å². The van der Waals surface area contributed by atoms with E-state index in [0.29, 0.717) is 13.2 Å². The third-order valence-electron chi connectivity index (χ3n) is 2.84. The highest BCUT2D eigenvalue weighted by Gasteiger charge is 2.37. The predicted octanol–water partition coefficient (Wildman–Crippen LogP) is 2.12. The lowest BCUT2D eigenvalue weighted by Gasteiger charge is -2.41. The SMILES string of the molecule is CC1(C)OCC(C)(c2cccnc2)CO1. The summed E-state index contributed by atoms with van der Waals surface area (Å²) in [7, 11) is 0. The van der Waals surface area contributed by atoms with Crippen molar-refractivity contribution in [2.45, 2.75) is 32.0 Å². The zero-order chi connectivity index (χ0) is 10.9. The Balaban J connectivity index is 2.17. The van der Waals surface area contributed by atoms with E-state index in [9.17, 15) is 0 Å². The fourth-order valence-electron chi connectivity index (χ4n) is 1.64. The molecule has 0 atom stereocenters. The Kier molecular flexibility index (Phi) is 2.52. The molecule has 1 aliphatic rings. The molecule has 1 aromatic heterocycles. The molecular formula is C12H17NO2. The molecule has 0 aliphatic carbocycles. The van der Waals surface area contributed by atoms with Gasteiger partial charge in [-0.2, -0.15) is 0 Å². The largest absolute Gasteiger partial charge is 0.350 e. The Morgan fingerprint density at radius 2 is 1.87 bits per heavy atom. The Morgan fingerprint density at radius 3 is 2.40 bits per heavy atom. The Hall–Kier alpha value is -0.930. The molecular weight excluding hydrogens is 190 g/mol. The molecule has 1 aromatic rings. The van der Waals surface area contributed by atoms with E-state index in [1.807, 2.05) is 26.1 Å². The Morgan fingerprint density at radius 1 is 1.20 bits per heavy atom. The summed E-state index contributed by atoms with van der Waals surface area (Å²) in [6, 6.07) is 4.01.